The lowest BCUT2D eigenvalue weighted by Gasteiger charge is -2.31. The molecule has 21 heavy (non-hydrogen) atoms. The molecule has 0 aromatic heterocycles. The van der Waals surface area contributed by atoms with E-state index < -0.39 is 0 Å². The largest absolute Gasteiger partial charge is 0.326 e. The van der Waals surface area contributed by atoms with E-state index in [1.54, 1.807) is 0 Å². The van der Waals surface area contributed by atoms with Gasteiger partial charge in [0.05, 0.1) is 5.69 Å². The number of hydrogen-bond donors (Lipinski definition) is 1. The van der Waals surface area contributed by atoms with Gasteiger partial charge in [0.15, 0.2) is 0 Å². The number of benzene rings is 2. The summed E-state index contributed by atoms with van der Waals surface area (Å²) in [6.07, 6.45) is 2.07. The zero-order valence-corrected chi connectivity index (χ0v) is 12.3. The number of carbonyl (C=O) groups excluding carboxylic acids is 1. The Bertz CT molecular complexity index is 661. The Labute approximate surface area is 125 Å². The second-order valence-electron chi connectivity index (χ2n) is 5.54. The Morgan fingerprint density at radius 3 is 2.67 bits per heavy atom. The van der Waals surface area contributed by atoms with E-state index in [-0.39, 0.29) is 5.91 Å². The molecule has 0 atom stereocenters. The monoisotopic (exact) mass is 280 g/mol. The lowest BCUT2D eigenvalue weighted by atomic mass is 9.97. The van der Waals surface area contributed by atoms with Gasteiger partial charge in [0.2, 0.25) is 0 Å². The highest BCUT2D eigenvalue weighted by Crippen LogP contribution is 2.31. The van der Waals surface area contributed by atoms with Gasteiger partial charge in [-0.05, 0) is 48.6 Å². The van der Waals surface area contributed by atoms with E-state index >= 15 is 0 Å². The minimum Gasteiger partial charge on any atom is -0.326 e. The van der Waals surface area contributed by atoms with E-state index in [0.717, 1.165) is 36.2 Å². The van der Waals surface area contributed by atoms with Crippen LogP contribution in [0.5, 0.6) is 0 Å². The SMILES string of the molecule is Cc1cccc2c1N(C(=O)c1ccc(CN)cc1)CCC2. The number of nitrogens with zero attached hydrogens (tertiary/aromatic N) is 1. The number of carbonyl (C=O) groups is 1. The zero-order chi connectivity index (χ0) is 14.8. The van der Waals surface area contributed by atoms with Crippen LogP contribution in [0.15, 0.2) is 42.5 Å². The quantitative estimate of drug-likeness (QED) is 0.919. The molecule has 0 spiro atoms. The van der Waals surface area contributed by atoms with Crippen molar-refractivity contribution >= 4 is 11.6 Å². The van der Waals surface area contributed by atoms with Crippen LogP contribution in [0.4, 0.5) is 5.69 Å². The Morgan fingerprint density at radius 2 is 1.95 bits per heavy atom. The zero-order valence-electron chi connectivity index (χ0n) is 12.3. The number of para-hydroxylation sites is 1. The number of anilines is 1. The molecular weight excluding hydrogens is 260 g/mol. The number of aryl methyl sites for hydroxylation is 2. The minimum absolute atomic E-state index is 0.0776. The third kappa shape index (κ3) is 2.57. The van der Waals surface area contributed by atoms with E-state index in [2.05, 4.69) is 25.1 Å². The van der Waals surface area contributed by atoms with Gasteiger partial charge in [0, 0.05) is 18.7 Å². The molecule has 3 rings (SSSR count). The molecule has 3 heteroatoms. The highest BCUT2D eigenvalue weighted by Gasteiger charge is 2.24. The van der Waals surface area contributed by atoms with E-state index in [1.807, 2.05) is 29.2 Å². The fourth-order valence-corrected chi connectivity index (χ4v) is 2.99. The molecular formula is C18H20N2O. The first-order valence-electron chi connectivity index (χ1n) is 7.40. The maximum absolute atomic E-state index is 12.8. The maximum atomic E-state index is 12.8. The summed E-state index contributed by atoms with van der Waals surface area (Å²) in [7, 11) is 0. The highest BCUT2D eigenvalue weighted by atomic mass is 16.2. The smallest absolute Gasteiger partial charge is 0.258 e. The molecule has 108 valence electrons. The van der Waals surface area contributed by atoms with E-state index in [4.69, 9.17) is 5.73 Å². The summed E-state index contributed by atoms with van der Waals surface area (Å²) >= 11 is 0. The summed E-state index contributed by atoms with van der Waals surface area (Å²) in [4.78, 5) is 14.7. The second kappa shape index (κ2) is 5.70. The Balaban J connectivity index is 1.96. The lowest BCUT2D eigenvalue weighted by Crippen LogP contribution is -2.36. The van der Waals surface area contributed by atoms with Crippen LogP contribution in [0.2, 0.25) is 0 Å². The molecule has 0 radical (unpaired) electrons. The summed E-state index contributed by atoms with van der Waals surface area (Å²) < 4.78 is 0. The number of amides is 1. The summed E-state index contributed by atoms with van der Waals surface area (Å²) in [6, 6.07) is 13.9. The van der Waals surface area contributed by atoms with Crippen molar-refractivity contribution in [2.24, 2.45) is 5.73 Å². The normalized spacial score (nSPS) is 13.9. The molecule has 2 N–H and O–H groups in total. The van der Waals surface area contributed by atoms with Crippen LogP contribution in [-0.4, -0.2) is 12.5 Å². The molecule has 1 heterocycles. The first-order chi connectivity index (χ1) is 10.2. The van der Waals surface area contributed by atoms with Crippen molar-refractivity contribution in [1.29, 1.82) is 0 Å². The molecule has 0 saturated carbocycles. The van der Waals surface area contributed by atoms with Crippen molar-refractivity contribution in [2.45, 2.75) is 26.3 Å². The summed E-state index contributed by atoms with van der Waals surface area (Å²) in [5, 5.41) is 0. The fourth-order valence-electron chi connectivity index (χ4n) is 2.99. The number of fused-ring (bicyclic) bond motifs is 1. The Kier molecular flexibility index (Phi) is 3.76. The van der Waals surface area contributed by atoms with Crippen molar-refractivity contribution in [2.75, 3.05) is 11.4 Å². The van der Waals surface area contributed by atoms with Gasteiger partial charge in [-0.25, -0.2) is 0 Å². The van der Waals surface area contributed by atoms with E-state index in [9.17, 15) is 4.79 Å². The van der Waals surface area contributed by atoms with Gasteiger partial charge < -0.3 is 10.6 Å². The first-order valence-corrected chi connectivity index (χ1v) is 7.40. The summed E-state index contributed by atoms with van der Waals surface area (Å²) in [5.74, 6) is 0.0776. The van der Waals surface area contributed by atoms with Crippen molar-refractivity contribution in [1.82, 2.24) is 0 Å². The topological polar surface area (TPSA) is 46.3 Å². The second-order valence-corrected chi connectivity index (χ2v) is 5.54. The van der Waals surface area contributed by atoms with Crippen LogP contribution >= 0.6 is 0 Å². The first kappa shape index (κ1) is 13.8. The van der Waals surface area contributed by atoms with E-state index in [0.29, 0.717) is 6.54 Å². The summed E-state index contributed by atoms with van der Waals surface area (Å²) in [6.45, 7) is 3.36. The highest BCUT2D eigenvalue weighted by molar-refractivity contribution is 6.07. The van der Waals surface area contributed by atoms with Gasteiger partial charge in [-0.2, -0.15) is 0 Å². The molecule has 1 aliphatic heterocycles. The van der Waals surface area contributed by atoms with Gasteiger partial charge in [0.25, 0.3) is 5.91 Å². The molecule has 2 aromatic carbocycles. The molecule has 0 unspecified atom stereocenters. The molecule has 1 amide bonds. The number of nitrogens with two attached hydrogens (primary N) is 1. The van der Waals surface area contributed by atoms with E-state index in [1.165, 1.54) is 11.1 Å². The molecule has 0 bridgehead atoms. The molecule has 1 aliphatic rings. The average Bonchev–Trinajstić information content (AvgIpc) is 2.54. The van der Waals surface area contributed by atoms with Gasteiger partial charge in [-0.3, -0.25) is 4.79 Å². The van der Waals surface area contributed by atoms with Gasteiger partial charge >= 0.3 is 0 Å². The third-order valence-corrected chi connectivity index (χ3v) is 4.10. The van der Waals surface area contributed by atoms with Crippen molar-refractivity contribution in [3.8, 4) is 0 Å². The van der Waals surface area contributed by atoms with Crippen molar-refractivity contribution in [3.05, 3.63) is 64.7 Å². The maximum Gasteiger partial charge on any atom is 0.258 e. The van der Waals surface area contributed by atoms with Gasteiger partial charge in [0.1, 0.15) is 0 Å². The van der Waals surface area contributed by atoms with Crippen LogP contribution in [0.1, 0.15) is 33.5 Å². The molecule has 3 nitrogen and oxygen atoms in total. The van der Waals surface area contributed by atoms with Gasteiger partial charge in [-0.15, -0.1) is 0 Å². The molecule has 0 fully saturated rings. The van der Waals surface area contributed by atoms with Crippen molar-refractivity contribution in [3.63, 3.8) is 0 Å². The average molecular weight is 280 g/mol. The van der Waals surface area contributed by atoms with Crippen molar-refractivity contribution < 1.29 is 4.79 Å². The standard InChI is InChI=1S/C18H20N2O/c1-13-4-2-5-15-6-3-11-20(17(13)15)18(21)16-9-7-14(12-19)8-10-16/h2,4-5,7-10H,3,6,11-12,19H2,1H3. The number of rotatable bonds is 2. The van der Waals surface area contributed by atoms with Crippen LogP contribution < -0.4 is 10.6 Å². The number of hydrogen-bond acceptors (Lipinski definition) is 2. The van der Waals surface area contributed by atoms with Crippen LogP contribution in [-0.2, 0) is 13.0 Å². The Hall–Kier alpha value is -2.13. The molecule has 2 aromatic rings. The summed E-state index contributed by atoms with van der Waals surface area (Å²) in [5.41, 5.74) is 10.9. The third-order valence-electron chi connectivity index (χ3n) is 4.10. The Morgan fingerprint density at radius 1 is 1.19 bits per heavy atom. The van der Waals surface area contributed by atoms with Crippen LogP contribution in [0.25, 0.3) is 0 Å². The molecule has 0 saturated heterocycles. The van der Waals surface area contributed by atoms with Crippen LogP contribution in [0, 0.1) is 6.92 Å². The fraction of sp³-hybridized carbons (Fsp3) is 0.278. The predicted molar refractivity (Wildman–Crippen MR) is 85.5 cm³/mol. The van der Waals surface area contributed by atoms with Gasteiger partial charge in [-0.1, -0.05) is 30.3 Å². The predicted octanol–water partition coefficient (Wildman–Crippen LogP) is 3.05. The lowest BCUT2D eigenvalue weighted by molar-refractivity contribution is 0.0985. The van der Waals surface area contributed by atoms with Crippen LogP contribution in [0.3, 0.4) is 0 Å². The minimum atomic E-state index is 0.0776. The molecule has 0 aliphatic carbocycles.